The molecule has 2 aromatic rings. The van der Waals surface area contributed by atoms with Gasteiger partial charge in [-0.2, -0.15) is 0 Å². The molecule has 3 rings (SSSR count). The zero-order valence-electron chi connectivity index (χ0n) is 11.5. The molecule has 110 valence electrons. The Balaban J connectivity index is 1.98. The number of hydrogen-bond acceptors (Lipinski definition) is 2. The van der Waals surface area contributed by atoms with Crippen molar-refractivity contribution in [3.63, 3.8) is 0 Å². The molecule has 5 heteroatoms. The fraction of sp³-hybridized carbons (Fsp3) is 0.0588. The highest BCUT2D eigenvalue weighted by Gasteiger charge is 2.27. The van der Waals surface area contributed by atoms with Crippen LogP contribution in [0.4, 0.5) is 4.39 Å². The Hall–Kier alpha value is -2.53. The van der Waals surface area contributed by atoms with Crippen molar-refractivity contribution in [3.8, 4) is 0 Å². The summed E-state index contributed by atoms with van der Waals surface area (Å²) in [5.74, 6) is -0.419. The van der Waals surface area contributed by atoms with E-state index < -0.39 is 6.04 Å². The minimum Gasteiger partial charge on any atom is -0.351 e. The summed E-state index contributed by atoms with van der Waals surface area (Å²) in [5.41, 5.74) is 1.91. The number of Topliss-reactive ketones (excluding diaryl/α,β-unsaturated/α-hetero) is 1. The van der Waals surface area contributed by atoms with Gasteiger partial charge in [0.2, 0.25) is 0 Å². The van der Waals surface area contributed by atoms with Gasteiger partial charge in [-0.15, -0.1) is 0 Å². The second-order valence-corrected chi connectivity index (χ2v) is 5.31. The lowest BCUT2D eigenvalue weighted by Gasteiger charge is -2.27. The van der Waals surface area contributed by atoms with Crippen LogP contribution in [0.15, 0.2) is 66.4 Å². The number of halogens is 1. The minimum absolute atomic E-state index is 0.0996. The van der Waals surface area contributed by atoms with E-state index in [0.29, 0.717) is 16.2 Å². The van der Waals surface area contributed by atoms with Crippen LogP contribution in [0, 0.1) is 5.82 Å². The van der Waals surface area contributed by atoms with Gasteiger partial charge < -0.3 is 10.6 Å². The summed E-state index contributed by atoms with van der Waals surface area (Å²) in [6.07, 6.45) is 1.61. The van der Waals surface area contributed by atoms with E-state index in [9.17, 15) is 9.18 Å². The van der Waals surface area contributed by atoms with Crippen molar-refractivity contribution in [1.82, 2.24) is 10.6 Å². The summed E-state index contributed by atoms with van der Waals surface area (Å²) < 4.78 is 13.1. The van der Waals surface area contributed by atoms with Crippen molar-refractivity contribution in [2.24, 2.45) is 0 Å². The van der Waals surface area contributed by atoms with Gasteiger partial charge in [-0.3, -0.25) is 4.79 Å². The molecule has 1 aliphatic rings. The SMILES string of the molecule is O=C(C1=CNC(=S)NC1c1ccc(F)cc1)c1ccccc1. The molecule has 2 aromatic carbocycles. The highest BCUT2D eigenvalue weighted by atomic mass is 32.1. The van der Waals surface area contributed by atoms with Crippen molar-refractivity contribution < 1.29 is 9.18 Å². The number of carbonyl (C=O) groups is 1. The van der Waals surface area contributed by atoms with Crippen molar-refractivity contribution in [2.45, 2.75) is 6.04 Å². The van der Waals surface area contributed by atoms with Crippen LogP contribution in [0.3, 0.4) is 0 Å². The average molecular weight is 312 g/mol. The van der Waals surface area contributed by atoms with Gasteiger partial charge in [-0.25, -0.2) is 4.39 Å². The Morgan fingerprint density at radius 3 is 2.41 bits per heavy atom. The van der Waals surface area contributed by atoms with Crippen LogP contribution in [-0.2, 0) is 0 Å². The quantitative estimate of drug-likeness (QED) is 0.675. The highest BCUT2D eigenvalue weighted by molar-refractivity contribution is 7.80. The average Bonchev–Trinajstić information content (AvgIpc) is 2.56. The maximum absolute atomic E-state index is 13.1. The molecule has 2 N–H and O–H groups in total. The molecule has 0 amide bonds. The van der Waals surface area contributed by atoms with Gasteiger partial charge in [-0.1, -0.05) is 42.5 Å². The van der Waals surface area contributed by atoms with Crippen LogP contribution in [0.5, 0.6) is 0 Å². The third-order valence-corrected chi connectivity index (χ3v) is 3.68. The smallest absolute Gasteiger partial charge is 0.192 e. The van der Waals surface area contributed by atoms with Gasteiger partial charge in [0.1, 0.15) is 5.82 Å². The Morgan fingerprint density at radius 2 is 1.73 bits per heavy atom. The first kappa shape index (κ1) is 14.4. The molecular weight excluding hydrogens is 299 g/mol. The number of benzene rings is 2. The van der Waals surface area contributed by atoms with Gasteiger partial charge in [0, 0.05) is 17.3 Å². The van der Waals surface area contributed by atoms with Gasteiger partial charge >= 0.3 is 0 Å². The molecule has 0 spiro atoms. The Bertz CT molecular complexity index is 741. The van der Waals surface area contributed by atoms with E-state index in [4.69, 9.17) is 12.2 Å². The summed E-state index contributed by atoms with van der Waals surface area (Å²) in [6.45, 7) is 0. The van der Waals surface area contributed by atoms with Crippen LogP contribution in [0.25, 0.3) is 0 Å². The van der Waals surface area contributed by atoms with E-state index in [1.807, 2.05) is 18.2 Å². The third kappa shape index (κ3) is 2.89. The molecule has 1 aliphatic heterocycles. The van der Waals surface area contributed by atoms with Gasteiger partial charge in [0.15, 0.2) is 10.9 Å². The summed E-state index contributed by atoms with van der Waals surface area (Å²) in [5, 5.41) is 6.35. The molecule has 0 aromatic heterocycles. The summed E-state index contributed by atoms with van der Waals surface area (Å²) in [6, 6.07) is 14.6. The van der Waals surface area contributed by atoms with E-state index in [1.165, 1.54) is 12.1 Å². The monoisotopic (exact) mass is 312 g/mol. The Morgan fingerprint density at radius 1 is 1.05 bits per heavy atom. The summed E-state index contributed by atoms with van der Waals surface area (Å²) >= 11 is 5.11. The van der Waals surface area contributed by atoms with Crippen molar-refractivity contribution in [2.75, 3.05) is 0 Å². The molecule has 3 nitrogen and oxygen atoms in total. The first-order valence-corrected chi connectivity index (χ1v) is 7.18. The number of rotatable bonds is 3. The number of ketones is 1. The number of nitrogens with one attached hydrogen (secondary N) is 2. The first-order chi connectivity index (χ1) is 10.6. The fourth-order valence-electron chi connectivity index (χ4n) is 2.35. The van der Waals surface area contributed by atoms with Crippen molar-refractivity contribution >= 4 is 23.1 Å². The van der Waals surface area contributed by atoms with E-state index >= 15 is 0 Å². The third-order valence-electron chi connectivity index (χ3n) is 3.45. The van der Waals surface area contributed by atoms with Gasteiger partial charge in [0.05, 0.1) is 6.04 Å². The van der Waals surface area contributed by atoms with E-state index in [0.717, 1.165) is 5.56 Å². The number of hydrogen-bond donors (Lipinski definition) is 2. The maximum atomic E-state index is 13.1. The first-order valence-electron chi connectivity index (χ1n) is 6.77. The summed E-state index contributed by atoms with van der Waals surface area (Å²) in [4.78, 5) is 12.7. The van der Waals surface area contributed by atoms with Crippen LogP contribution in [-0.4, -0.2) is 10.9 Å². The Kier molecular flexibility index (Phi) is 3.98. The lowest BCUT2D eigenvalue weighted by Crippen LogP contribution is -2.42. The highest BCUT2D eigenvalue weighted by Crippen LogP contribution is 2.26. The van der Waals surface area contributed by atoms with Crippen LogP contribution in [0.1, 0.15) is 22.0 Å². The van der Waals surface area contributed by atoms with E-state index in [2.05, 4.69) is 10.6 Å². The predicted octanol–water partition coefficient (Wildman–Crippen LogP) is 3.11. The number of thiocarbonyl (C=S) groups is 1. The molecule has 1 heterocycles. The molecule has 0 saturated carbocycles. The minimum atomic E-state index is -0.401. The molecule has 0 radical (unpaired) electrons. The molecule has 22 heavy (non-hydrogen) atoms. The fourth-order valence-corrected chi connectivity index (χ4v) is 2.52. The summed E-state index contributed by atoms with van der Waals surface area (Å²) in [7, 11) is 0. The van der Waals surface area contributed by atoms with Gasteiger partial charge in [-0.05, 0) is 29.9 Å². The second kappa shape index (κ2) is 6.07. The lowest BCUT2D eigenvalue weighted by atomic mass is 9.92. The molecule has 0 aliphatic carbocycles. The van der Waals surface area contributed by atoms with E-state index in [1.54, 1.807) is 30.5 Å². The number of carbonyl (C=O) groups excluding carboxylic acids is 1. The Labute approximate surface area is 132 Å². The normalized spacial score (nSPS) is 17.2. The largest absolute Gasteiger partial charge is 0.351 e. The van der Waals surface area contributed by atoms with Crippen molar-refractivity contribution in [3.05, 3.63) is 83.3 Å². The van der Waals surface area contributed by atoms with Crippen LogP contribution in [0.2, 0.25) is 0 Å². The van der Waals surface area contributed by atoms with Crippen LogP contribution >= 0.6 is 12.2 Å². The van der Waals surface area contributed by atoms with E-state index in [-0.39, 0.29) is 11.6 Å². The molecule has 0 saturated heterocycles. The van der Waals surface area contributed by atoms with Crippen molar-refractivity contribution in [1.29, 1.82) is 0 Å². The molecule has 1 unspecified atom stereocenters. The zero-order chi connectivity index (χ0) is 15.5. The molecule has 0 fully saturated rings. The maximum Gasteiger partial charge on any atom is 0.192 e. The standard InChI is InChI=1S/C17H13FN2OS/c18-13-8-6-11(7-9-13)15-14(10-19-17(22)20-15)16(21)12-4-2-1-3-5-12/h1-10,15H,(H2,19,20,22). The molecule has 1 atom stereocenters. The van der Waals surface area contributed by atoms with Gasteiger partial charge in [0.25, 0.3) is 0 Å². The lowest BCUT2D eigenvalue weighted by molar-refractivity contribution is 0.102. The molecular formula is C17H13FN2OS. The van der Waals surface area contributed by atoms with Crippen LogP contribution < -0.4 is 10.6 Å². The second-order valence-electron chi connectivity index (χ2n) is 4.90. The zero-order valence-corrected chi connectivity index (χ0v) is 12.4. The molecule has 0 bridgehead atoms. The topological polar surface area (TPSA) is 41.1 Å². The predicted molar refractivity (Wildman–Crippen MR) is 86.9 cm³/mol.